The van der Waals surface area contributed by atoms with Crippen LogP contribution in [0.25, 0.3) is 6.08 Å². The van der Waals surface area contributed by atoms with E-state index >= 15 is 0 Å². The first-order valence-electron chi connectivity index (χ1n) is 6.44. The van der Waals surface area contributed by atoms with Gasteiger partial charge in [-0.3, -0.25) is 4.79 Å². The Kier molecular flexibility index (Phi) is 4.73. The monoisotopic (exact) mass is 405 g/mol. The highest BCUT2D eigenvalue weighted by Crippen LogP contribution is 2.40. The molecule has 10 heteroatoms. The van der Waals surface area contributed by atoms with Crippen molar-refractivity contribution in [2.75, 3.05) is 6.79 Å². The summed E-state index contributed by atoms with van der Waals surface area (Å²) in [6.07, 6.45) is 2.50. The number of sulfonamides is 1. The summed E-state index contributed by atoms with van der Waals surface area (Å²) in [5, 5.41) is 0.339. The SMILES string of the molecule is O=C(/C=C/c1cc(Cl)c2c(c1)OCO2)NS(=O)(=O)c1ccc(Cl)s1. The number of hydrogen-bond acceptors (Lipinski definition) is 6. The number of hydrogen-bond donors (Lipinski definition) is 1. The highest BCUT2D eigenvalue weighted by atomic mass is 35.5. The Morgan fingerprint density at radius 3 is 2.75 bits per heavy atom. The van der Waals surface area contributed by atoms with Crippen LogP contribution in [0.2, 0.25) is 9.36 Å². The molecule has 1 aromatic carbocycles. The fourth-order valence-corrected chi connectivity index (χ4v) is 4.62. The Balaban J connectivity index is 1.73. The zero-order valence-electron chi connectivity index (χ0n) is 11.8. The molecule has 1 aliphatic heterocycles. The highest BCUT2D eigenvalue weighted by Gasteiger charge is 2.19. The lowest BCUT2D eigenvalue weighted by molar-refractivity contribution is -0.114. The molecule has 0 saturated heterocycles. The smallest absolute Gasteiger partial charge is 0.273 e. The van der Waals surface area contributed by atoms with Gasteiger partial charge in [-0.15, -0.1) is 11.3 Å². The van der Waals surface area contributed by atoms with E-state index in [1.54, 1.807) is 12.1 Å². The van der Waals surface area contributed by atoms with Gasteiger partial charge in [0.05, 0.1) is 9.36 Å². The lowest BCUT2D eigenvalue weighted by Crippen LogP contribution is -2.28. The zero-order valence-corrected chi connectivity index (χ0v) is 14.9. The molecule has 2 aromatic rings. The van der Waals surface area contributed by atoms with Gasteiger partial charge >= 0.3 is 0 Å². The maximum atomic E-state index is 12.0. The third-order valence-electron chi connectivity index (χ3n) is 2.93. The molecule has 1 aliphatic rings. The van der Waals surface area contributed by atoms with Crippen LogP contribution in [0, 0.1) is 0 Å². The van der Waals surface area contributed by atoms with Crippen molar-refractivity contribution in [2.45, 2.75) is 4.21 Å². The number of amides is 1. The molecule has 0 saturated carbocycles. The zero-order chi connectivity index (χ0) is 17.3. The summed E-state index contributed by atoms with van der Waals surface area (Å²) in [5.41, 5.74) is 0.566. The fraction of sp³-hybridized carbons (Fsp3) is 0.0714. The van der Waals surface area contributed by atoms with E-state index < -0.39 is 15.9 Å². The van der Waals surface area contributed by atoms with Crippen molar-refractivity contribution in [2.24, 2.45) is 0 Å². The maximum absolute atomic E-state index is 12.0. The van der Waals surface area contributed by atoms with Crippen LogP contribution < -0.4 is 14.2 Å². The molecular weight excluding hydrogens is 397 g/mol. The van der Waals surface area contributed by atoms with Crippen molar-refractivity contribution in [3.8, 4) is 11.5 Å². The minimum atomic E-state index is -3.95. The van der Waals surface area contributed by atoms with Crippen LogP contribution in [0.4, 0.5) is 0 Å². The third kappa shape index (κ3) is 3.67. The van der Waals surface area contributed by atoms with Crippen LogP contribution in [0.1, 0.15) is 5.56 Å². The quantitative estimate of drug-likeness (QED) is 0.788. The number of rotatable bonds is 4. The van der Waals surface area contributed by atoms with Gasteiger partial charge in [-0.1, -0.05) is 23.2 Å². The third-order valence-corrected chi connectivity index (χ3v) is 6.28. The minimum Gasteiger partial charge on any atom is -0.454 e. The number of carbonyl (C=O) groups is 1. The lowest BCUT2D eigenvalue weighted by atomic mass is 10.2. The molecule has 1 N–H and O–H groups in total. The Morgan fingerprint density at radius 1 is 1.25 bits per heavy atom. The van der Waals surface area contributed by atoms with Gasteiger partial charge in [0.15, 0.2) is 11.5 Å². The fourth-order valence-electron chi connectivity index (χ4n) is 1.91. The molecular formula is C14H9Cl2NO5S2. The van der Waals surface area contributed by atoms with Crippen molar-refractivity contribution in [3.05, 3.63) is 45.3 Å². The van der Waals surface area contributed by atoms with Gasteiger partial charge in [0, 0.05) is 6.08 Å². The van der Waals surface area contributed by atoms with Crippen molar-refractivity contribution in [1.82, 2.24) is 4.72 Å². The van der Waals surface area contributed by atoms with E-state index in [0.29, 0.717) is 26.4 Å². The summed E-state index contributed by atoms with van der Waals surface area (Å²) in [4.78, 5) is 11.8. The molecule has 0 aliphatic carbocycles. The second kappa shape index (κ2) is 6.64. The number of fused-ring (bicyclic) bond motifs is 1. The first-order chi connectivity index (χ1) is 11.3. The molecule has 126 valence electrons. The highest BCUT2D eigenvalue weighted by molar-refractivity contribution is 7.92. The molecule has 0 bridgehead atoms. The predicted molar refractivity (Wildman–Crippen MR) is 91.3 cm³/mol. The molecule has 0 atom stereocenters. The average Bonchev–Trinajstić information content (AvgIpc) is 3.14. The number of nitrogens with one attached hydrogen (secondary N) is 1. The molecule has 24 heavy (non-hydrogen) atoms. The summed E-state index contributed by atoms with van der Waals surface area (Å²) >= 11 is 12.6. The van der Waals surface area contributed by atoms with Crippen LogP contribution in [0.15, 0.2) is 34.6 Å². The summed E-state index contributed by atoms with van der Waals surface area (Å²) in [6.45, 7) is 0.0737. The van der Waals surface area contributed by atoms with E-state index in [1.165, 1.54) is 18.2 Å². The molecule has 0 fully saturated rings. The molecule has 1 amide bonds. The lowest BCUT2D eigenvalue weighted by Gasteiger charge is -2.02. The molecule has 6 nitrogen and oxygen atoms in total. The minimum absolute atomic E-state index is 0.0413. The van der Waals surface area contributed by atoms with E-state index in [1.807, 2.05) is 4.72 Å². The van der Waals surface area contributed by atoms with Gasteiger partial charge in [0.1, 0.15) is 4.21 Å². The van der Waals surface area contributed by atoms with E-state index in [0.717, 1.165) is 17.4 Å². The Morgan fingerprint density at radius 2 is 2.04 bits per heavy atom. The van der Waals surface area contributed by atoms with Gasteiger partial charge in [0.25, 0.3) is 15.9 Å². The standard InChI is InChI=1S/C14H9Cl2NO5S2/c15-9-5-8(6-10-14(9)22-7-21-10)1-3-12(18)17-24(19,20)13-4-2-11(16)23-13/h1-6H,7H2,(H,17,18)/b3-1+. The predicted octanol–water partition coefficient (Wildman–Crippen LogP) is 3.30. The van der Waals surface area contributed by atoms with Gasteiger partial charge in [0.2, 0.25) is 6.79 Å². The van der Waals surface area contributed by atoms with Crippen molar-refractivity contribution < 1.29 is 22.7 Å². The summed E-state index contributed by atoms with van der Waals surface area (Å²) in [7, 11) is -3.95. The average molecular weight is 406 g/mol. The normalized spacial score (nSPS) is 13.4. The van der Waals surface area contributed by atoms with E-state index in [-0.39, 0.29) is 11.0 Å². The molecule has 0 radical (unpaired) electrons. The number of carbonyl (C=O) groups excluding carboxylic acids is 1. The van der Waals surface area contributed by atoms with Gasteiger partial charge in [-0.05, 0) is 35.9 Å². The molecule has 3 rings (SSSR count). The molecule has 0 spiro atoms. The summed E-state index contributed by atoms with van der Waals surface area (Å²) in [6, 6.07) is 5.97. The number of halogens is 2. The van der Waals surface area contributed by atoms with Crippen LogP contribution >= 0.6 is 34.5 Å². The first kappa shape index (κ1) is 17.1. The summed E-state index contributed by atoms with van der Waals surface area (Å²) < 4.78 is 36.6. The van der Waals surface area contributed by atoms with Crippen molar-refractivity contribution >= 4 is 56.5 Å². The van der Waals surface area contributed by atoms with Gasteiger partial charge < -0.3 is 9.47 Å². The maximum Gasteiger partial charge on any atom is 0.273 e. The van der Waals surface area contributed by atoms with E-state index in [2.05, 4.69) is 0 Å². The van der Waals surface area contributed by atoms with Crippen LogP contribution in [0.3, 0.4) is 0 Å². The van der Waals surface area contributed by atoms with Gasteiger partial charge in [-0.25, -0.2) is 13.1 Å². The second-order valence-electron chi connectivity index (χ2n) is 4.60. The Hall–Kier alpha value is -1.74. The Bertz CT molecular complexity index is 937. The van der Waals surface area contributed by atoms with Gasteiger partial charge in [-0.2, -0.15) is 0 Å². The van der Waals surface area contributed by atoms with Crippen molar-refractivity contribution in [3.63, 3.8) is 0 Å². The van der Waals surface area contributed by atoms with E-state index in [4.69, 9.17) is 32.7 Å². The second-order valence-corrected chi connectivity index (χ2v) is 8.63. The number of ether oxygens (including phenoxy) is 2. The number of benzene rings is 1. The summed E-state index contributed by atoms with van der Waals surface area (Å²) in [5.74, 6) is 0.104. The van der Waals surface area contributed by atoms with Crippen LogP contribution in [-0.4, -0.2) is 21.1 Å². The molecule has 1 aromatic heterocycles. The van der Waals surface area contributed by atoms with Crippen LogP contribution in [0.5, 0.6) is 11.5 Å². The Labute approximate surface area is 151 Å². The topological polar surface area (TPSA) is 81.7 Å². The molecule has 2 heterocycles. The van der Waals surface area contributed by atoms with E-state index in [9.17, 15) is 13.2 Å². The first-order valence-corrected chi connectivity index (χ1v) is 9.50. The number of thiophene rings is 1. The van der Waals surface area contributed by atoms with Crippen molar-refractivity contribution in [1.29, 1.82) is 0 Å². The molecule has 0 unspecified atom stereocenters. The van der Waals surface area contributed by atoms with Crippen LogP contribution in [-0.2, 0) is 14.8 Å². The largest absolute Gasteiger partial charge is 0.454 e.